The number of fused-ring (bicyclic) bond motifs is 2. The Morgan fingerprint density at radius 1 is 0.867 bits per heavy atom. The van der Waals surface area contributed by atoms with E-state index < -0.39 is 0 Å². The Bertz CT molecular complexity index is 1200. The molecule has 0 spiro atoms. The maximum absolute atomic E-state index is 11.4. The van der Waals surface area contributed by atoms with Crippen LogP contribution in [0.15, 0.2) is 45.3 Å². The standard InChI is InChI=1S/C11H9BrO3S.C10H9BrO2S/c1-14-8-5-9-6(3-7(8)12)4-10(16-9)11(13)15-2;1-13-9-4-10-6(3-8(9)11)2-7(5-12)14-10/h3-5H,1-2H3;2-4,12H,5H2,1H3. The van der Waals surface area contributed by atoms with Gasteiger partial charge in [-0.3, -0.25) is 0 Å². The summed E-state index contributed by atoms with van der Waals surface area (Å²) >= 11 is 9.81. The first-order valence-electron chi connectivity index (χ1n) is 8.62. The molecule has 5 nitrogen and oxygen atoms in total. The molecule has 0 unspecified atom stereocenters. The molecule has 0 amide bonds. The highest BCUT2D eigenvalue weighted by Gasteiger charge is 2.12. The quantitative estimate of drug-likeness (QED) is 0.278. The summed E-state index contributed by atoms with van der Waals surface area (Å²) in [5, 5.41) is 11.1. The van der Waals surface area contributed by atoms with E-state index in [9.17, 15) is 4.79 Å². The topological polar surface area (TPSA) is 65.0 Å². The van der Waals surface area contributed by atoms with Gasteiger partial charge in [-0.15, -0.1) is 22.7 Å². The molecule has 2 aromatic carbocycles. The van der Waals surface area contributed by atoms with Crippen LogP contribution in [-0.2, 0) is 11.3 Å². The Labute approximate surface area is 198 Å². The number of ether oxygens (including phenoxy) is 3. The van der Waals surface area contributed by atoms with Gasteiger partial charge in [0.1, 0.15) is 16.4 Å². The van der Waals surface area contributed by atoms with E-state index in [1.54, 1.807) is 25.6 Å². The number of halogens is 2. The van der Waals surface area contributed by atoms with Crippen molar-refractivity contribution >= 4 is 80.7 Å². The Balaban J connectivity index is 0.000000172. The van der Waals surface area contributed by atoms with E-state index in [0.29, 0.717) is 4.88 Å². The Morgan fingerprint density at radius 2 is 1.40 bits per heavy atom. The summed E-state index contributed by atoms with van der Waals surface area (Å²) in [5.41, 5.74) is 0. The minimum atomic E-state index is -0.309. The third-order valence-electron chi connectivity index (χ3n) is 4.17. The lowest BCUT2D eigenvalue weighted by molar-refractivity contribution is 0.0606. The number of carbonyl (C=O) groups is 1. The van der Waals surface area contributed by atoms with Crippen LogP contribution in [0.5, 0.6) is 11.5 Å². The van der Waals surface area contributed by atoms with Gasteiger partial charge in [-0.2, -0.15) is 0 Å². The molecule has 2 heterocycles. The zero-order chi connectivity index (χ0) is 21.8. The van der Waals surface area contributed by atoms with Crippen molar-refractivity contribution in [1.29, 1.82) is 0 Å². The average molecular weight is 574 g/mol. The predicted molar refractivity (Wildman–Crippen MR) is 129 cm³/mol. The first-order valence-corrected chi connectivity index (χ1v) is 11.8. The van der Waals surface area contributed by atoms with Crippen LogP contribution in [0.3, 0.4) is 0 Å². The van der Waals surface area contributed by atoms with E-state index in [-0.39, 0.29) is 12.6 Å². The molecule has 158 valence electrons. The third-order valence-corrected chi connectivity index (χ3v) is 7.57. The molecule has 4 rings (SSSR count). The number of thiophene rings is 2. The van der Waals surface area contributed by atoms with Crippen molar-refractivity contribution in [2.75, 3.05) is 21.3 Å². The highest BCUT2D eigenvalue weighted by molar-refractivity contribution is 9.11. The van der Waals surface area contributed by atoms with Gasteiger partial charge in [-0.1, -0.05) is 0 Å². The normalized spacial score (nSPS) is 10.6. The van der Waals surface area contributed by atoms with E-state index in [1.807, 2.05) is 36.4 Å². The van der Waals surface area contributed by atoms with Crippen LogP contribution in [-0.4, -0.2) is 32.4 Å². The lowest BCUT2D eigenvalue weighted by Crippen LogP contribution is -1.96. The van der Waals surface area contributed by atoms with Gasteiger partial charge in [0.05, 0.1) is 36.9 Å². The van der Waals surface area contributed by atoms with Gasteiger partial charge in [-0.05, 0) is 79.0 Å². The third kappa shape index (κ3) is 4.97. The Kier molecular flexibility index (Phi) is 7.75. The molecule has 30 heavy (non-hydrogen) atoms. The summed E-state index contributed by atoms with van der Waals surface area (Å²) in [5.74, 6) is 1.27. The van der Waals surface area contributed by atoms with E-state index in [4.69, 9.17) is 14.6 Å². The maximum atomic E-state index is 11.4. The number of aliphatic hydroxyl groups excluding tert-OH is 1. The van der Waals surface area contributed by atoms with Crippen molar-refractivity contribution in [3.63, 3.8) is 0 Å². The van der Waals surface area contributed by atoms with Gasteiger partial charge in [0.15, 0.2) is 0 Å². The summed E-state index contributed by atoms with van der Waals surface area (Å²) in [6, 6.07) is 11.6. The number of hydrogen-bond acceptors (Lipinski definition) is 7. The first-order chi connectivity index (χ1) is 14.4. The van der Waals surface area contributed by atoms with Crippen molar-refractivity contribution in [2.45, 2.75) is 6.61 Å². The Morgan fingerprint density at radius 3 is 1.90 bits per heavy atom. The maximum Gasteiger partial charge on any atom is 0.348 e. The van der Waals surface area contributed by atoms with Gasteiger partial charge in [-0.25, -0.2) is 4.79 Å². The number of aliphatic hydroxyl groups is 1. The van der Waals surface area contributed by atoms with Crippen molar-refractivity contribution in [1.82, 2.24) is 0 Å². The van der Waals surface area contributed by atoms with Gasteiger partial charge in [0.2, 0.25) is 0 Å². The second kappa shape index (κ2) is 10.1. The summed E-state index contributed by atoms with van der Waals surface area (Å²) in [4.78, 5) is 12.9. The molecular weight excluding hydrogens is 556 g/mol. The number of carbonyl (C=O) groups excluding carboxylic acids is 1. The molecule has 0 atom stereocenters. The molecule has 0 aliphatic heterocycles. The number of benzene rings is 2. The molecule has 0 radical (unpaired) electrons. The van der Waals surface area contributed by atoms with E-state index in [0.717, 1.165) is 45.5 Å². The molecule has 0 saturated heterocycles. The van der Waals surface area contributed by atoms with Crippen LogP contribution < -0.4 is 9.47 Å². The lowest BCUT2D eigenvalue weighted by Gasteiger charge is -2.01. The summed E-state index contributed by atoms with van der Waals surface area (Å²) in [6.07, 6.45) is 0. The number of hydrogen-bond donors (Lipinski definition) is 1. The van der Waals surface area contributed by atoms with Gasteiger partial charge < -0.3 is 19.3 Å². The summed E-state index contributed by atoms with van der Waals surface area (Å²) < 4.78 is 19.0. The zero-order valence-corrected chi connectivity index (χ0v) is 21.1. The Hall–Kier alpha value is -1.65. The van der Waals surface area contributed by atoms with Crippen molar-refractivity contribution in [3.05, 3.63) is 55.1 Å². The molecule has 2 aromatic heterocycles. The lowest BCUT2D eigenvalue weighted by atomic mass is 10.2. The smallest absolute Gasteiger partial charge is 0.348 e. The van der Waals surface area contributed by atoms with Crippen LogP contribution in [0.2, 0.25) is 0 Å². The van der Waals surface area contributed by atoms with E-state index in [2.05, 4.69) is 36.6 Å². The van der Waals surface area contributed by atoms with Gasteiger partial charge >= 0.3 is 5.97 Å². The minimum absolute atomic E-state index is 0.0965. The molecule has 0 fully saturated rings. The SMILES string of the molecule is COC(=O)c1cc2cc(Br)c(OC)cc2s1.COc1cc2sc(CO)cc2cc1Br. The monoisotopic (exact) mass is 572 g/mol. The number of methoxy groups -OCH3 is 3. The fourth-order valence-electron chi connectivity index (χ4n) is 2.73. The van der Waals surface area contributed by atoms with Crippen LogP contribution >= 0.6 is 54.5 Å². The molecule has 4 aromatic rings. The molecule has 0 aliphatic rings. The van der Waals surface area contributed by atoms with Gasteiger partial charge in [0, 0.05) is 14.3 Å². The fourth-order valence-corrected chi connectivity index (χ4v) is 5.70. The number of esters is 1. The van der Waals surface area contributed by atoms with Crippen LogP contribution in [0.1, 0.15) is 14.5 Å². The zero-order valence-electron chi connectivity index (χ0n) is 16.3. The first kappa shape index (κ1) is 23.0. The van der Waals surface area contributed by atoms with Crippen LogP contribution in [0, 0.1) is 0 Å². The summed E-state index contributed by atoms with van der Waals surface area (Å²) in [6.45, 7) is 0.0965. The van der Waals surface area contributed by atoms with Crippen molar-refractivity contribution in [3.8, 4) is 11.5 Å². The molecule has 1 N–H and O–H groups in total. The highest BCUT2D eigenvalue weighted by atomic mass is 79.9. The van der Waals surface area contributed by atoms with Crippen LogP contribution in [0.4, 0.5) is 0 Å². The fraction of sp³-hybridized carbons (Fsp3) is 0.190. The van der Waals surface area contributed by atoms with Crippen molar-refractivity contribution < 1.29 is 24.1 Å². The molecular formula is C21H18Br2O5S2. The van der Waals surface area contributed by atoms with Crippen LogP contribution in [0.25, 0.3) is 20.2 Å². The molecule has 9 heteroatoms. The second-order valence-corrected chi connectivity index (χ2v) is 9.98. The largest absolute Gasteiger partial charge is 0.496 e. The minimum Gasteiger partial charge on any atom is -0.496 e. The van der Waals surface area contributed by atoms with Crippen molar-refractivity contribution in [2.24, 2.45) is 0 Å². The average Bonchev–Trinajstić information content (AvgIpc) is 3.35. The molecule has 0 aliphatic carbocycles. The highest BCUT2D eigenvalue weighted by Crippen LogP contribution is 2.36. The van der Waals surface area contributed by atoms with E-state index >= 15 is 0 Å². The molecule has 0 saturated carbocycles. The summed E-state index contributed by atoms with van der Waals surface area (Å²) in [7, 11) is 4.64. The molecule has 0 bridgehead atoms. The van der Waals surface area contributed by atoms with E-state index in [1.165, 1.54) is 18.4 Å². The second-order valence-electron chi connectivity index (χ2n) is 6.02. The predicted octanol–water partition coefficient (Wildman–Crippen LogP) is 6.62. The van der Waals surface area contributed by atoms with Gasteiger partial charge in [0.25, 0.3) is 0 Å². The number of rotatable bonds is 4.